The van der Waals surface area contributed by atoms with Crippen LogP contribution < -0.4 is 15.4 Å². The second kappa shape index (κ2) is 9.37. The first-order valence-corrected chi connectivity index (χ1v) is 7.37. The molecular formula is C16H26N2O2. The minimum atomic E-state index is -0.0671. The van der Waals surface area contributed by atoms with Crippen LogP contribution in [0.2, 0.25) is 0 Å². The summed E-state index contributed by atoms with van der Waals surface area (Å²) in [4.78, 5) is 11.6. The first kappa shape index (κ1) is 16.5. The molecule has 0 unspecified atom stereocenters. The zero-order valence-electron chi connectivity index (χ0n) is 12.8. The molecule has 1 amide bonds. The number of rotatable bonds is 9. The molecule has 1 aromatic rings. The second-order valence-corrected chi connectivity index (χ2v) is 4.88. The van der Waals surface area contributed by atoms with Crippen molar-refractivity contribution in [1.82, 2.24) is 10.6 Å². The van der Waals surface area contributed by atoms with Crippen molar-refractivity contribution >= 4 is 5.91 Å². The van der Waals surface area contributed by atoms with E-state index in [-0.39, 0.29) is 12.5 Å². The molecule has 0 aliphatic heterocycles. The summed E-state index contributed by atoms with van der Waals surface area (Å²) in [5, 5.41) is 6.17. The highest BCUT2D eigenvalue weighted by molar-refractivity contribution is 5.77. The molecule has 0 fully saturated rings. The Kier molecular flexibility index (Phi) is 7.73. The van der Waals surface area contributed by atoms with Crippen LogP contribution in [0.25, 0.3) is 0 Å². The zero-order valence-corrected chi connectivity index (χ0v) is 12.8. The van der Waals surface area contributed by atoms with Crippen molar-refractivity contribution in [2.24, 2.45) is 0 Å². The van der Waals surface area contributed by atoms with Crippen LogP contribution in [0, 0.1) is 6.92 Å². The number of ether oxygens (including phenoxy) is 1. The number of benzene rings is 1. The standard InChI is InChI=1S/C16H26N2O2/c1-4-9-17-11-14-8-6-7-13(3)16(14)20-12-15(19)18-10-5-2/h6-8,17H,4-5,9-12H2,1-3H3,(H,18,19). The lowest BCUT2D eigenvalue weighted by Gasteiger charge is -2.14. The number of carbonyl (C=O) groups excluding carboxylic acids is 1. The van der Waals surface area contributed by atoms with E-state index in [0.29, 0.717) is 6.54 Å². The number of hydrogen-bond donors (Lipinski definition) is 2. The van der Waals surface area contributed by atoms with Crippen molar-refractivity contribution in [2.45, 2.75) is 40.2 Å². The summed E-state index contributed by atoms with van der Waals surface area (Å²) in [6.07, 6.45) is 2.03. The second-order valence-electron chi connectivity index (χ2n) is 4.88. The van der Waals surface area contributed by atoms with Crippen molar-refractivity contribution in [1.29, 1.82) is 0 Å². The zero-order chi connectivity index (χ0) is 14.8. The minimum Gasteiger partial charge on any atom is -0.483 e. The highest BCUT2D eigenvalue weighted by Gasteiger charge is 2.09. The molecule has 1 rings (SSSR count). The van der Waals surface area contributed by atoms with E-state index in [4.69, 9.17) is 4.74 Å². The predicted molar refractivity (Wildman–Crippen MR) is 82.0 cm³/mol. The van der Waals surface area contributed by atoms with Gasteiger partial charge in [0.2, 0.25) is 0 Å². The molecule has 4 nitrogen and oxygen atoms in total. The van der Waals surface area contributed by atoms with E-state index in [2.05, 4.69) is 17.6 Å². The predicted octanol–water partition coefficient (Wildman–Crippen LogP) is 2.40. The number of para-hydroxylation sites is 1. The van der Waals surface area contributed by atoms with Gasteiger partial charge in [-0.25, -0.2) is 0 Å². The van der Waals surface area contributed by atoms with Gasteiger partial charge in [0.1, 0.15) is 5.75 Å². The molecule has 0 aromatic heterocycles. The minimum absolute atomic E-state index is 0.0671. The highest BCUT2D eigenvalue weighted by atomic mass is 16.5. The van der Waals surface area contributed by atoms with Gasteiger partial charge in [-0.1, -0.05) is 32.0 Å². The van der Waals surface area contributed by atoms with E-state index in [0.717, 1.165) is 42.8 Å². The van der Waals surface area contributed by atoms with E-state index in [1.54, 1.807) is 0 Å². The highest BCUT2D eigenvalue weighted by Crippen LogP contribution is 2.23. The third kappa shape index (κ3) is 5.61. The third-order valence-corrected chi connectivity index (χ3v) is 2.96. The Morgan fingerprint density at radius 3 is 2.65 bits per heavy atom. The molecule has 0 radical (unpaired) electrons. The average molecular weight is 278 g/mol. The van der Waals surface area contributed by atoms with Gasteiger partial charge in [-0.3, -0.25) is 4.79 Å². The van der Waals surface area contributed by atoms with Crippen LogP contribution in [0.4, 0.5) is 0 Å². The summed E-state index contributed by atoms with van der Waals surface area (Å²) in [6.45, 7) is 8.68. The molecule has 20 heavy (non-hydrogen) atoms. The van der Waals surface area contributed by atoms with E-state index < -0.39 is 0 Å². The average Bonchev–Trinajstić information content (AvgIpc) is 2.44. The van der Waals surface area contributed by atoms with Crippen LogP contribution in [0.1, 0.15) is 37.8 Å². The molecule has 0 saturated carbocycles. The maximum Gasteiger partial charge on any atom is 0.257 e. The fourth-order valence-electron chi connectivity index (χ4n) is 1.91. The van der Waals surface area contributed by atoms with Crippen molar-refractivity contribution in [2.75, 3.05) is 19.7 Å². The molecular weight excluding hydrogens is 252 g/mol. The summed E-state index contributed by atoms with van der Waals surface area (Å²) in [7, 11) is 0. The van der Waals surface area contributed by atoms with Gasteiger partial charge >= 0.3 is 0 Å². The van der Waals surface area contributed by atoms with Crippen molar-refractivity contribution in [3.63, 3.8) is 0 Å². The Bertz CT molecular complexity index is 419. The molecule has 0 bridgehead atoms. The monoisotopic (exact) mass is 278 g/mol. The molecule has 4 heteroatoms. The first-order chi connectivity index (χ1) is 9.69. The van der Waals surface area contributed by atoms with Crippen molar-refractivity contribution in [3.05, 3.63) is 29.3 Å². The molecule has 0 atom stereocenters. The quantitative estimate of drug-likeness (QED) is 0.682. The van der Waals surface area contributed by atoms with Crippen molar-refractivity contribution in [3.8, 4) is 5.75 Å². The smallest absolute Gasteiger partial charge is 0.257 e. The summed E-state index contributed by atoms with van der Waals surface area (Å²) < 4.78 is 5.71. The summed E-state index contributed by atoms with van der Waals surface area (Å²) in [5.74, 6) is 0.755. The fraction of sp³-hybridized carbons (Fsp3) is 0.562. The summed E-state index contributed by atoms with van der Waals surface area (Å²) in [5.41, 5.74) is 2.16. The van der Waals surface area contributed by atoms with Crippen LogP contribution in [0.5, 0.6) is 5.75 Å². The Balaban J connectivity index is 2.60. The summed E-state index contributed by atoms with van der Waals surface area (Å²) in [6, 6.07) is 6.06. The summed E-state index contributed by atoms with van der Waals surface area (Å²) >= 11 is 0. The fourth-order valence-corrected chi connectivity index (χ4v) is 1.91. The molecule has 0 saturated heterocycles. The lowest BCUT2D eigenvalue weighted by molar-refractivity contribution is -0.123. The maximum absolute atomic E-state index is 11.6. The topological polar surface area (TPSA) is 50.4 Å². The van der Waals surface area contributed by atoms with Crippen LogP contribution in [-0.2, 0) is 11.3 Å². The Hall–Kier alpha value is -1.55. The number of amides is 1. The van der Waals surface area contributed by atoms with E-state index in [9.17, 15) is 4.79 Å². The van der Waals surface area contributed by atoms with E-state index in [1.807, 2.05) is 32.0 Å². The van der Waals surface area contributed by atoms with E-state index >= 15 is 0 Å². The first-order valence-electron chi connectivity index (χ1n) is 7.37. The molecule has 0 heterocycles. The Morgan fingerprint density at radius 2 is 1.95 bits per heavy atom. The molecule has 0 aliphatic rings. The number of carbonyl (C=O) groups is 1. The van der Waals surface area contributed by atoms with Crippen LogP contribution in [0.3, 0.4) is 0 Å². The number of nitrogens with one attached hydrogen (secondary N) is 2. The normalized spacial score (nSPS) is 10.3. The molecule has 112 valence electrons. The van der Waals surface area contributed by atoms with Gasteiger partial charge in [-0.2, -0.15) is 0 Å². The molecule has 1 aromatic carbocycles. The van der Waals surface area contributed by atoms with Crippen LogP contribution in [-0.4, -0.2) is 25.6 Å². The Labute approximate surface area is 121 Å². The number of aryl methyl sites for hydroxylation is 1. The van der Waals surface area contributed by atoms with E-state index in [1.165, 1.54) is 0 Å². The molecule has 2 N–H and O–H groups in total. The van der Waals surface area contributed by atoms with Gasteiger partial charge in [0.25, 0.3) is 5.91 Å². The van der Waals surface area contributed by atoms with Gasteiger partial charge in [0, 0.05) is 18.7 Å². The molecule has 0 spiro atoms. The van der Waals surface area contributed by atoms with Gasteiger partial charge in [0.05, 0.1) is 0 Å². The Morgan fingerprint density at radius 1 is 1.20 bits per heavy atom. The van der Waals surface area contributed by atoms with Crippen molar-refractivity contribution < 1.29 is 9.53 Å². The van der Waals surface area contributed by atoms with Crippen LogP contribution in [0.15, 0.2) is 18.2 Å². The SMILES string of the molecule is CCCNCc1cccc(C)c1OCC(=O)NCCC. The molecule has 0 aliphatic carbocycles. The van der Waals surface area contributed by atoms with Gasteiger partial charge in [0.15, 0.2) is 6.61 Å². The largest absolute Gasteiger partial charge is 0.483 e. The lowest BCUT2D eigenvalue weighted by Crippen LogP contribution is -2.29. The third-order valence-electron chi connectivity index (χ3n) is 2.96. The number of hydrogen-bond acceptors (Lipinski definition) is 3. The maximum atomic E-state index is 11.6. The van der Waals surface area contributed by atoms with Gasteiger partial charge < -0.3 is 15.4 Å². The lowest BCUT2D eigenvalue weighted by atomic mass is 10.1. The van der Waals surface area contributed by atoms with Gasteiger partial charge in [-0.15, -0.1) is 0 Å². The van der Waals surface area contributed by atoms with Gasteiger partial charge in [-0.05, 0) is 31.9 Å². The van der Waals surface area contributed by atoms with Crippen LogP contribution >= 0.6 is 0 Å².